The molecular formula is C13H9BrClNO2. The molecule has 1 aromatic heterocycles. The second-order valence-electron chi connectivity index (χ2n) is 3.53. The minimum Gasteiger partial charge on any atom is -0.456 e. The second kappa shape index (κ2) is 5.98. The first-order valence-corrected chi connectivity index (χ1v) is 6.36. The van der Waals surface area contributed by atoms with Crippen molar-refractivity contribution >= 4 is 33.5 Å². The van der Waals surface area contributed by atoms with Crippen molar-refractivity contribution in [3.8, 4) is 0 Å². The number of aromatic nitrogens is 1. The highest BCUT2D eigenvalue weighted by atomic mass is 79.9. The van der Waals surface area contributed by atoms with Crippen LogP contribution in [0.2, 0.25) is 5.02 Å². The van der Waals surface area contributed by atoms with E-state index in [0.29, 0.717) is 5.02 Å². The van der Waals surface area contributed by atoms with Gasteiger partial charge in [0.1, 0.15) is 12.3 Å². The third-order valence-corrected chi connectivity index (χ3v) is 3.26. The Morgan fingerprint density at radius 2 is 2.11 bits per heavy atom. The Labute approximate surface area is 118 Å². The number of nitrogens with zero attached hydrogens (tertiary/aromatic N) is 1. The zero-order valence-corrected chi connectivity index (χ0v) is 11.6. The van der Waals surface area contributed by atoms with Crippen LogP contribution in [0.15, 0.2) is 47.1 Å². The average Bonchev–Trinajstić information content (AvgIpc) is 2.37. The Hall–Kier alpha value is -1.39. The third-order valence-electron chi connectivity index (χ3n) is 2.25. The molecule has 5 heteroatoms. The van der Waals surface area contributed by atoms with Gasteiger partial charge >= 0.3 is 5.97 Å². The second-order valence-corrected chi connectivity index (χ2v) is 4.82. The first kappa shape index (κ1) is 13.1. The molecular weight excluding hydrogens is 318 g/mol. The van der Waals surface area contributed by atoms with Crippen LogP contribution in [0.4, 0.5) is 0 Å². The number of benzene rings is 1. The Morgan fingerprint density at radius 3 is 2.83 bits per heavy atom. The van der Waals surface area contributed by atoms with E-state index in [1.54, 1.807) is 6.07 Å². The summed E-state index contributed by atoms with van der Waals surface area (Å²) in [5.74, 6) is -0.492. The standard InChI is InChI=1S/C13H9BrClNO2/c14-11-4-2-1-3-9(11)8-18-13(17)12-7-10(15)5-6-16-12/h1-7H,8H2. The van der Waals surface area contributed by atoms with Gasteiger partial charge in [-0.05, 0) is 18.2 Å². The van der Waals surface area contributed by atoms with Gasteiger partial charge in [-0.15, -0.1) is 0 Å². The smallest absolute Gasteiger partial charge is 0.357 e. The van der Waals surface area contributed by atoms with E-state index in [0.717, 1.165) is 10.0 Å². The Balaban J connectivity index is 2.03. The number of hydrogen-bond acceptors (Lipinski definition) is 3. The van der Waals surface area contributed by atoms with Gasteiger partial charge in [-0.25, -0.2) is 9.78 Å². The van der Waals surface area contributed by atoms with E-state index in [1.807, 2.05) is 24.3 Å². The summed E-state index contributed by atoms with van der Waals surface area (Å²) in [5.41, 5.74) is 1.10. The average molecular weight is 327 g/mol. The van der Waals surface area contributed by atoms with E-state index in [9.17, 15) is 4.79 Å². The molecule has 0 spiro atoms. The molecule has 0 bridgehead atoms. The fourth-order valence-corrected chi connectivity index (χ4v) is 1.91. The van der Waals surface area contributed by atoms with Crippen LogP contribution in [0.25, 0.3) is 0 Å². The van der Waals surface area contributed by atoms with Crippen LogP contribution < -0.4 is 0 Å². The van der Waals surface area contributed by atoms with E-state index in [-0.39, 0.29) is 12.3 Å². The molecule has 0 N–H and O–H groups in total. The summed E-state index contributed by atoms with van der Waals surface area (Å²) in [6.07, 6.45) is 1.47. The Bertz CT molecular complexity index is 574. The van der Waals surface area contributed by atoms with Gasteiger partial charge in [-0.3, -0.25) is 0 Å². The fraction of sp³-hybridized carbons (Fsp3) is 0.0769. The summed E-state index contributed by atoms with van der Waals surface area (Å²) >= 11 is 9.16. The van der Waals surface area contributed by atoms with E-state index >= 15 is 0 Å². The fourth-order valence-electron chi connectivity index (χ4n) is 1.35. The lowest BCUT2D eigenvalue weighted by Crippen LogP contribution is -2.07. The zero-order valence-electron chi connectivity index (χ0n) is 9.27. The molecule has 0 aliphatic heterocycles. The van der Waals surface area contributed by atoms with Gasteiger partial charge in [0, 0.05) is 21.3 Å². The van der Waals surface area contributed by atoms with Gasteiger partial charge in [0.2, 0.25) is 0 Å². The van der Waals surface area contributed by atoms with Gasteiger partial charge in [-0.2, -0.15) is 0 Å². The molecule has 0 saturated carbocycles. The minimum absolute atomic E-state index is 0.189. The summed E-state index contributed by atoms with van der Waals surface area (Å²) in [6, 6.07) is 10.6. The molecule has 2 rings (SSSR count). The molecule has 92 valence electrons. The Morgan fingerprint density at radius 1 is 1.33 bits per heavy atom. The number of pyridine rings is 1. The number of rotatable bonds is 3. The largest absolute Gasteiger partial charge is 0.456 e. The number of hydrogen-bond donors (Lipinski definition) is 0. The summed E-state index contributed by atoms with van der Waals surface area (Å²) < 4.78 is 6.06. The molecule has 0 fully saturated rings. The lowest BCUT2D eigenvalue weighted by Gasteiger charge is -2.06. The molecule has 0 unspecified atom stereocenters. The third kappa shape index (κ3) is 3.31. The van der Waals surface area contributed by atoms with Gasteiger partial charge in [0.15, 0.2) is 0 Å². The highest BCUT2D eigenvalue weighted by Gasteiger charge is 2.10. The van der Waals surface area contributed by atoms with E-state index in [2.05, 4.69) is 20.9 Å². The van der Waals surface area contributed by atoms with E-state index < -0.39 is 5.97 Å². The van der Waals surface area contributed by atoms with Crippen molar-refractivity contribution in [1.29, 1.82) is 0 Å². The number of halogens is 2. The first-order valence-electron chi connectivity index (χ1n) is 5.19. The quantitative estimate of drug-likeness (QED) is 0.804. The number of carbonyl (C=O) groups is 1. The molecule has 0 atom stereocenters. The van der Waals surface area contributed by atoms with Crippen molar-refractivity contribution < 1.29 is 9.53 Å². The van der Waals surface area contributed by atoms with Crippen molar-refractivity contribution in [1.82, 2.24) is 4.98 Å². The van der Waals surface area contributed by atoms with Gasteiger partial charge in [0.25, 0.3) is 0 Å². The lowest BCUT2D eigenvalue weighted by atomic mass is 10.2. The van der Waals surface area contributed by atoms with Crippen molar-refractivity contribution in [3.63, 3.8) is 0 Å². The van der Waals surface area contributed by atoms with Gasteiger partial charge in [-0.1, -0.05) is 45.7 Å². The minimum atomic E-state index is -0.492. The summed E-state index contributed by atoms with van der Waals surface area (Å²) in [7, 11) is 0. The lowest BCUT2D eigenvalue weighted by molar-refractivity contribution is 0.0465. The maximum atomic E-state index is 11.7. The summed E-state index contributed by atoms with van der Waals surface area (Å²) in [4.78, 5) is 15.6. The van der Waals surface area contributed by atoms with Crippen LogP contribution in [0.3, 0.4) is 0 Å². The van der Waals surface area contributed by atoms with Crippen LogP contribution >= 0.6 is 27.5 Å². The zero-order chi connectivity index (χ0) is 13.0. The molecule has 2 aromatic rings. The molecule has 0 saturated heterocycles. The summed E-state index contributed by atoms with van der Waals surface area (Å²) in [6.45, 7) is 0.189. The van der Waals surface area contributed by atoms with Crippen LogP contribution in [0, 0.1) is 0 Å². The number of esters is 1. The molecule has 1 heterocycles. The van der Waals surface area contributed by atoms with Crippen molar-refractivity contribution in [2.24, 2.45) is 0 Å². The molecule has 18 heavy (non-hydrogen) atoms. The first-order chi connectivity index (χ1) is 8.66. The van der Waals surface area contributed by atoms with Crippen molar-refractivity contribution in [3.05, 3.63) is 63.3 Å². The number of ether oxygens (including phenoxy) is 1. The van der Waals surface area contributed by atoms with Crippen LogP contribution in [0.1, 0.15) is 16.1 Å². The van der Waals surface area contributed by atoms with Crippen LogP contribution in [-0.4, -0.2) is 11.0 Å². The molecule has 0 aliphatic carbocycles. The SMILES string of the molecule is O=C(OCc1ccccc1Br)c1cc(Cl)ccn1. The highest BCUT2D eigenvalue weighted by molar-refractivity contribution is 9.10. The number of carbonyl (C=O) groups excluding carboxylic acids is 1. The predicted octanol–water partition coefficient (Wildman–Crippen LogP) is 3.85. The van der Waals surface area contributed by atoms with E-state index in [1.165, 1.54) is 12.3 Å². The van der Waals surface area contributed by atoms with Gasteiger partial charge in [0.05, 0.1) is 0 Å². The molecule has 0 radical (unpaired) electrons. The highest BCUT2D eigenvalue weighted by Crippen LogP contribution is 2.17. The monoisotopic (exact) mass is 325 g/mol. The Kier molecular flexibility index (Phi) is 4.33. The predicted molar refractivity (Wildman–Crippen MR) is 72.5 cm³/mol. The topological polar surface area (TPSA) is 39.2 Å². The molecule has 0 amide bonds. The van der Waals surface area contributed by atoms with Crippen molar-refractivity contribution in [2.75, 3.05) is 0 Å². The van der Waals surface area contributed by atoms with Crippen LogP contribution in [-0.2, 0) is 11.3 Å². The maximum Gasteiger partial charge on any atom is 0.357 e. The molecule has 3 nitrogen and oxygen atoms in total. The molecule has 0 aliphatic rings. The normalized spacial score (nSPS) is 10.1. The van der Waals surface area contributed by atoms with Gasteiger partial charge < -0.3 is 4.74 Å². The van der Waals surface area contributed by atoms with E-state index in [4.69, 9.17) is 16.3 Å². The molecule has 1 aromatic carbocycles. The van der Waals surface area contributed by atoms with Crippen molar-refractivity contribution in [2.45, 2.75) is 6.61 Å². The van der Waals surface area contributed by atoms with Crippen LogP contribution in [0.5, 0.6) is 0 Å². The maximum absolute atomic E-state index is 11.7. The summed E-state index contributed by atoms with van der Waals surface area (Å²) in [5, 5.41) is 0.456.